The van der Waals surface area contributed by atoms with E-state index < -0.39 is 11.8 Å². The van der Waals surface area contributed by atoms with E-state index in [0.717, 1.165) is 6.54 Å². The number of carbonyl (C=O) groups is 1. The van der Waals surface area contributed by atoms with Crippen molar-refractivity contribution < 1.29 is 14.3 Å². The zero-order chi connectivity index (χ0) is 14.4. The Bertz CT molecular complexity index is 497. The molecule has 19 heavy (non-hydrogen) atoms. The Morgan fingerprint density at radius 1 is 1.58 bits per heavy atom. The Morgan fingerprint density at radius 3 is 2.74 bits per heavy atom. The highest BCUT2D eigenvalue weighted by Gasteiger charge is 2.13. The summed E-state index contributed by atoms with van der Waals surface area (Å²) in [7, 11) is 0. The number of nitrogens with zero attached hydrogens (tertiary/aromatic N) is 2. The lowest BCUT2D eigenvalue weighted by Gasteiger charge is -2.21. The van der Waals surface area contributed by atoms with Crippen LogP contribution < -0.4 is 0 Å². The molecule has 0 fully saturated rings. The predicted octanol–water partition coefficient (Wildman–Crippen LogP) is 2.51. The first-order valence-electron chi connectivity index (χ1n) is 6.11. The molecule has 0 heterocycles. The molecule has 0 bridgehead atoms. The van der Waals surface area contributed by atoms with Crippen LogP contribution in [0.5, 0.6) is 0 Å². The van der Waals surface area contributed by atoms with Crippen molar-refractivity contribution in [1.29, 1.82) is 5.26 Å². The number of benzene rings is 1. The van der Waals surface area contributed by atoms with Gasteiger partial charge in [-0.05, 0) is 31.2 Å². The Labute approximate surface area is 112 Å². The molecule has 1 N–H and O–H groups in total. The molecule has 0 saturated heterocycles. The molecule has 1 aromatic carbocycles. The van der Waals surface area contributed by atoms with Gasteiger partial charge < -0.3 is 5.11 Å². The van der Waals surface area contributed by atoms with Gasteiger partial charge >= 0.3 is 5.97 Å². The summed E-state index contributed by atoms with van der Waals surface area (Å²) in [6, 6.07) is 6.27. The molecule has 1 unspecified atom stereocenters. The SMILES string of the molecule is CCN(Cc1ccc(C(=O)O)c(F)c1)CC(C)C#N. The first-order chi connectivity index (χ1) is 8.97. The molecular weight excluding hydrogens is 247 g/mol. The topological polar surface area (TPSA) is 64.3 Å². The third-order valence-electron chi connectivity index (χ3n) is 2.87. The number of carboxylic acids is 1. The summed E-state index contributed by atoms with van der Waals surface area (Å²) in [6.45, 7) is 5.64. The van der Waals surface area contributed by atoms with Gasteiger partial charge in [0.1, 0.15) is 5.82 Å². The molecule has 1 aromatic rings. The first-order valence-corrected chi connectivity index (χ1v) is 6.11. The minimum Gasteiger partial charge on any atom is -0.478 e. The summed E-state index contributed by atoms with van der Waals surface area (Å²) in [6.07, 6.45) is 0. The smallest absolute Gasteiger partial charge is 0.338 e. The van der Waals surface area contributed by atoms with Crippen molar-refractivity contribution >= 4 is 5.97 Å². The number of halogens is 1. The zero-order valence-corrected chi connectivity index (χ0v) is 11.1. The maximum absolute atomic E-state index is 13.5. The molecule has 0 aliphatic carbocycles. The predicted molar refractivity (Wildman–Crippen MR) is 69.1 cm³/mol. The number of rotatable bonds is 6. The van der Waals surface area contributed by atoms with Gasteiger partial charge in [-0.25, -0.2) is 9.18 Å². The molecule has 1 rings (SSSR count). The van der Waals surface area contributed by atoms with Gasteiger partial charge in [-0.1, -0.05) is 13.0 Å². The molecule has 1 atom stereocenters. The van der Waals surface area contributed by atoms with Crippen molar-refractivity contribution in [2.75, 3.05) is 13.1 Å². The standard InChI is InChI=1S/C14H17FN2O2/c1-3-17(8-10(2)7-16)9-11-4-5-12(14(18)19)13(15)6-11/h4-6,10H,3,8-9H2,1-2H3,(H,18,19). The van der Waals surface area contributed by atoms with E-state index in [1.54, 1.807) is 6.07 Å². The van der Waals surface area contributed by atoms with Gasteiger partial charge in [0.25, 0.3) is 0 Å². The largest absolute Gasteiger partial charge is 0.478 e. The highest BCUT2D eigenvalue weighted by Crippen LogP contribution is 2.13. The monoisotopic (exact) mass is 264 g/mol. The van der Waals surface area contributed by atoms with Crippen molar-refractivity contribution in [3.8, 4) is 6.07 Å². The van der Waals surface area contributed by atoms with E-state index >= 15 is 0 Å². The molecule has 0 aliphatic rings. The highest BCUT2D eigenvalue weighted by atomic mass is 19.1. The molecule has 0 amide bonds. The van der Waals surface area contributed by atoms with Crippen LogP contribution in [0.2, 0.25) is 0 Å². The molecule has 0 saturated carbocycles. The van der Waals surface area contributed by atoms with Crippen LogP contribution in [0, 0.1) is 23.1 Å². The van der Waals surface area contributed by atoms with Crippen molar-refractivity contribution in [3.05, 3.63) is 35.1 Å². The van der Waals surface area contributed by atoms with E-state index in [-0.39, 0.29) is 11.5 Å². The first kappa shape index (κ1) is 15.1. The molecule has 0 aliphatic heterocycles. The molecule has 4 nitrogen and oxygen atoms in total. The van der Waals surface area contributed by atoms with E-state index in [0.29, 0.717) is 18.7 Å². The Morgan fingerprint density at radius 2 is 2.26 bits per heavy atom. The van der Waals surface area contributed by atoms with Crippen LogP contribution in [-0.4, -0.2) is 29.1 Å². The van der Waals surface area contributed by atoms with Crippen molar-refractivity contribution in [2.24, 2.45) is 5.92 Å². The second kappa shape index (κ2) is 6.86. The Kier molecular flexibility index (Phi) is 5.46. The zero-order valence-electron chi connectivity index (χ0n) is 11.1. The van der Waals surface area contributed by atoms with Gasteiger partial charge in [-0.2, -0.15) is 5.26 Å². The van der Waals surface area contributed by atoms with Crippen molar-refractivity contribution in [3.63, 3.8) is 0 Å². The van der Waals surface area contributed by atoms with Crippen LogP contribution >= 0.6 is 0 Å². The summed E-state index contributed by atoms with van der Waals surface area (Å²) in [5.41, 5.74) is 0.381. The van der Waals surface area contributed by atoms with Crippen LogP contribution in [0.3, 0.4) is 0 Å². The number of aromatic carboxylic acids is 1. The second-order valence-corrected chi connectivity index (χ2v) is 4.48. The van der Waals surface area contributed by atoms with E-state index in [1.807, 2.05) is 18.7 Å². The van der Waals surface area contributed by atoms with Crippen LogP contribution in [-0.2, 0) is 6.54 Å². The fourth-order valence-electron chi connectivity index (χ4n) is 1.82. The second-order valence-electron chi connectivity index (χ2n) is 4.48. The average Bonchev–Trinajstić information content (AvgIpc) is 2.37. The highest BCUT2D eigenvalue weighted by molar-refractivity contribution is 5.87. The number of hydrogen-bond acceptors (Lipinski definition) is 3. The summed E-state index contributed by atoms with van der Waals surface area (Å²) in [5.74, 6) is -2.09. The molecular formula is C14H17FN2O2. The lowest BCUT2D eigenvalue weighted by molar-refractivity contribution is 0.0692. The van der Waals surface area contributed by atoms with Gasteiger partial charge in [0.15, 0.2) is 0 Å². The van der Waals surface area contributed by atoms with Crippen LogP contribution in [0.25, 0.3) is 0 Å². The maximum atomic E-state index is 13.5. The number of hydrogen-bond donors (Lipinski definition) is 1. The summed E-state index contributed by atoms with van der Waals surface area (Å²) in [5, 5.41) is 17.5. The van der Waals surface area contributed by atoms with Crippen LogP contribution in [0.1, 0.15) is 29.8 Å². The molecule has 0 spiro atoms. The van der Waals surface area contributed by atoms with E-state index in [1.165, 1.54) is 12.1 Å². The van der Waals surface area contributed by atoms with Crippen molar-refractivity contribution in [2.45, 2.75) is 20.4 Å². The summed E-state index contributed by atoms with van der Waals surface area (Å²) in [4.78, 5) is 12.7. The minimum atomic E-state index is -1.27. The Hall–Kier alpha value is -1.93. The fraction of sp³-hybridized carbons (Fsp3) is 0.429. The summed E-state index contributed by atoms with van der Waals surface area (Å²) >= 11 is 0. The maximum Gasteiger partial charge on any atom is 0.338 e. The Balaban J connectivity index is 2.79. The van der Waals surface area contributed by atoms with Gasteiger partial charge in [-0.3, -0.25) is 4.90 Å². The number of nitriles is 1. The molecule has 0 aromatic heterocycles. The third kappa shape index (κ3) is 4.34. The molecule has 102 valence electrons. The minimum absolute atomic E-state index is 0.0944. The van der Waals surface area contributed by atoms with E-state index in [2.05, 4.69) is 6.07 Å². The van der Waals surface area contributed by atoms with Crippen LogP contribution in [0.15, 0.2) is 18.2 Å². The summed E-state index contributed by atoms with van der Waals surface area (Å²) < 4.78 is 13.5. The fourth-order valence-corrected chi connectivity index (χ4v) is 1.82. The van der Waals surface area contributed by atoms with E-state index in [4.69, 9.17) is 10.4 Å². The molecule has 0 radical (unpaired) electrons. The van der Waals surface area contributed by atoms with Gasteiger partial charge in [0.2, 0.25) is 0 Å². The van der Waals surface area contributed by atoms with Gasteiger partial charge in [0, 0.05) is 13.1 Å². The quantitative estimate of drug-likeness (QED) is 0.857. The lowest BCUT2D eigenvalue weighted by atomic mass is 10.1. The molecule has 5 heteroatoms. The van der Waals surface area contributed by atoms with E-state index in [9.17, 15) is 9.18 Å². The lowest BCUT2D eigenvalue weighted by Crippen LogP contribution is -2.27. The normalized spacial score (nSPS) is 12.2. The third-order valence-corrected chi connectivity index (χ3v) is 2.87. The van der Waals surface area contributed by atoms with Crippen molar-refractivity contribution in [1.82, 2.24) is 4.90 Å². The average molecular weight is 264 g/mol. The number of carboxylic acid groups (broad SMARTS) is 1. The van der Waals surface area contributed by atoms with Gasteiger partial charge in [-0.15, -0.1) is 0 Å². The van der Waals surface area contributed by atoms with Crippen LogP contribution in [0.4, 0.5) is 4.39 Å². The van der Waals surface area contributed by atoms with Gasteiger partial charge in [0.05, 0.1) is 17.6 Å².